The molecule has 5 rings (SSSR count). The van der Waals surface area contributed by atoms with Crippen molar-refractivity contribution < 1.29 is 4.79 Å². The van der Waals surface area contributed by atoms with E-state index in [0.29, 0.717) is 12.5 Å². The lowest BCUT2D eigenvalue weighted by molar-refractivity contribution is -0.146. The van der Waals surface area contributed by atoms with Crippen LogP contribution in [-0.2, 0) is 11.3 Å². The summed E-state index contributed by atoms with van der Waals surface area (Å²) in [5.74, 6) is 2.76. The molecule has 4 saturated carbocycles. The Hall–Kier alpha value is -1.32. The maximum absolute atomic E-state index is 12.9. The minimum atomic E-state index is -0.0414. The van der Waals surface area contributed by atoms with Crippen molar-refractivity contribution in [1.29, 1.82) is 0 Å². The van der Waals surface area contributed by atoms with Gasteiger partial charge in [0.2, 0.25) is 5.91 Å². The van der Waals surface area contributed by atoms with Gasteiger partial charge < -0.3 is 5.32 Å². The Labute approximate surface area is 126 Å². The molecule has 0 atom stereocenters. The van der Waals surface area contributed by atoms with Gasteiger partial charge in [-0.2, -0.15) is 5.10 Å². The average molecular weight is 287 g/mol. The van der Waals surface area contributed by atoms with Gasteiger partial charge in [-0.05, 0) is 70.1 Å². The molecule has 0 spiro atoms. The first-order chi connectivity index (χ1) is 10.1. The number of aromatic amines is 1. The average Bonchev–Trinajstić information content (AvgIpc) is 2.74. The van der Waals surface area contributed by atoms with E-state index in [-0.39, 0.29) is 5.41 Å². The van der Waals surface area contributed by atoms with E-state index >= 15 is 0 Å². The van der Waals surface area contributed by atoms with Crippen molar-refractivity contribution in [1.82, 2.24) is 15.5 Å². The Balaban J connectivity index is 1.48. The predicted molar refractivity (Wildman–Crippen MR) is 80.5 cm³/mol. The Bertz CT molecular complexity index is 520. The molecule has 1 aromatic rings. The monoisotopic (exact) mass is 287 g/mol. The fourth-order valence-corrected chi connectivity index (χ4v) is 5.58. The zero-order chi connectivity index (χ0) is 14.6. The van der Waals surface area contributed by atoms with E-state index in [9.17, 15) is 4.79 Å². The van der Waals surface area contributed by atoms with Gasteiger partial charge in [-0.15, -0.1) is 0 Å². The second kappa shape index (κ2) is 4.59. The molecule has 1 amide bonds. The number of hydrogen-bond donors (Lipinski definition) is 2. The quantitative estimate of drug-likeness (QED) is 0.898. The van der Waals surface area contributed by atoms with Crippen molar-refractivity contribution in [3.63, 3.8) is 0 Å². The van der Waals surface area contributed by atoms with Crippen LogP contribution in [0, 0.1) is 37.0 Å². The Morgan fingerprint density at radius 2 is 1.76 bits per heavy atom. The van der Waals surface area contributed by atoms with Gasteiger partial charge in [-0.3, -0.25) is 9.89 Å². The molecule has 1 heterocycles. The number of aryl methyl sites for hydroxylation is 2. The minimum Gasteiger partial charge on any atom is -0.351 e. The number of amides is 1. The highest BCUT2D eigenvalue weighted by Crippen LogP contribution is 2.60. The van der Waals surface area contributed by atoms with E-state index in [0.717, 1.165) is 54.0 Å². The van der Waals surface area contributed by atoms with Crippen LogP contribution in [0.5, 0.6) is 0 Å². The molecule has 4 bridgehead atoms. The summed E-state index contributed by atoms with van der Waals surface area (Å²) in [5.41, 5.74) is 3.17. The first kappa shape index (κ1) is 13.4. The smallest absolute Gasteiger partial charge is 0.226 e. The summed E-state index contributed by atoms with van der Waals surface area (Å²) in [6.45, 7) is 4.64. The molecule has 2 N–H and O–H groups in total. The third-order valence-electron chi connectivity index (χ3n) is 6.23. The summed E-state index contributed by atoms with van der Waals surface area (Å²) < 4.78 is 0. The van der Waals surface area contributed by atoms with Crippen LogP contribution >= 0.6 is 0 Å². The number of rotatable bonds is 3. The highest BCUT2D eigenvalue weighted by molar-refractivity contribution is 5.83. The van der Waals surface area contributed by atoms with Crippen molar-refractivity contribution >= 4 is 5.91 Å². The van der Waals surface area contributed by atoms with Gasteiger partial charge >= 0.3 is 0 Å². The summed E-state index contributed by atoms with van der Waals surface area (Å²) in [4.78, 5) is 12.9. The van der Waals surface area contributed by atoms with Crippen molar-refractivity contribution in [2.45, 2.75) is 58.9 Å². The van der Waals surface area contributed by atoms with Gasteiger partial charge in [0.25, 0.3) is 0 Å². The van der Waals surface area contributed by atoms with Gasteiger partial charge in [-0.1, -0.05) is 0 Å². The molecule has 114 valence electrons. The van der Waals surface area contributed by atoms with Crippen molar-refractivity contribution in [3.8, 4) is 0 Å². The SMILES string of the molecule is Cc1n[nH]c(C)c1CNC(=O)C12CC3CC(CC(C3)C1)C2. The second-order valence-corrected chi connectivity index (χ2v) is 7.79. The van der Waals surface area contributed by atoms with Crippen molar-refractivity contribution in [3.05, 3.63) is 17.0 Å². The summed E-state index contributed by atoms with van der Waals surface area (Å²) in [6.07, 6.45) is 7.54. The largest absolute Gasteiger partial charge is 0.351 e. The molecule has 1 aromatic heterocycles. The van der Waals surface area contributed by atoms with E-state index < -0.39 is 0 Å². The normalized spacial score (nSPS) is 37.0. The molecule has 0 radical (unpaired) electrons. The predicted octanol–water partition coefficient (Wildman–Crippen LogP) is 2.86. The van der Waals surface area contributed by atoms with Crippen LogP contribution in [0.25, 0.3) is 0 Å². The lowest BCUT2D eigenvalue weighted by Crippen LogP contribution is -2.53. The first-order valence-corrected chi connectivity index (χ1v) is 8.34. The number of aromatic nitrogens is 2. The molecule has 4 heteroatoms. The standard InChI is InChI=1S/C17H25N3O/c1-10-15(11(2)20-19-10)9-18-16(21)17-6-12-3-13(7-17)5-14(4-12)8-17/h12-14H,3-9H2,1-2H3,(H,18,21)(H,19,20). The van der Waals surface area contributed by atoms with Crippen LogP contribution in [0.15, 0.2) is 0 Å². The van der Waals surface area contributed by atoms with Crippen LogP contribution in [0.1, 0.15) is 55.5 Å². The second-order valence-electron chi connectivity index (χ2n) is 7.79. The molecule has 0 aromatic carbocycles. The molecule has 0 aliphatic heterocycles. The van der Waals surface area contributed by atoms with Gasteiger partial charge in [-0.25, -0.2) is 0 Å². The maximum Gasteiger partial charge on any atom is 0.226 e. The molecule has 4 aliphatic rings. The molecule has 21 heavy (non-hydrogen) atoms. The van der Waals surface area contributed by atoms with Crippen molar-refractivity contribution in [2.24, 2.45) is 23.2 Å². The van der Waals surface area contributed by atoms with E-state index in [1.54, 1.807) is 0 Å². The number of nitrogens with one attached hydrogen (secondary N) is 2. The van der Waals surface area contributed by atoms with Gasteiger partial charge in [0.05, 0.1) is 5.69 Å². The number of hydrogen-bond acceptors (Lipinski definition) is 2. The van der Waals surface area contributed by atoms with E-state index in [1.165, 1.54) is 19.3 Å². The molecule has 4 nitrogen and oxygen atoms in total. The van der Waals surface area contributed by atoms with Crippen LogP contribution in [-0.4, -0.2) is 16.1 Å². The van der Waals surface area contributed by atoms with E-state index in [2.05, 4.69) is 15.5 Å². The molecular formula is C17H25N3O. The summed E-state index contributed by atoms with van der Waals surface area (Å²) in [5, 5.41) is 10.4. The maximum atomic E-state index is 12.9. The first-order valence-electron chi connectivity index (χ1n) is 8.34. The van der Waals surface area contributed by atoms with Gasteiger partial charge in [0, 0.05) is 23.2 Å². The highest BCUT2D eigenvalue weighted by atomic mass is 16.2. The molecular weight excluding hydrogens is 262 g/mol. The van der Waals surface area contributed by atoms with Gasteiger partial charge in [0.1, 0.15) is 0 Å². The zero-order valence-electron chi connectivity index (χ0n) is 13.0. The Morgan fingerprint density at radius 1 is 1.19 bits per heavy atom. The molecule has 0 unspecified atom stereocenters. The molecule has 4 fully saturated rings. The summed E-state index contributed by atoms with van der Waals surface area (Å²) in [6, 6.07) is 0. The van der Waals surface area contributed by atoms with Crippen molar-refractivity contribution in [2.75, 3.05) is 0 Å². The Morgan fingerprint density at radius 3 is 2.24 bits per heavy atom. The van der Waals surface area contributed by atoms with Crippen LogP contribution in [0.3, 0.4) is 0 Å². The number of nitrogens with zero attached hydrogens (tertiary/aromatic N) is 1. The Kier molecular flexibility index (Phi) is 2.92. The fraction of sp³-hybridized carbons (Fsp3) is 0.765. The third-order valence-corrected chi connectivity index (χ3v) is 6.23. The topological polar surface area (TPSA) is 57.8 Å². The fourth-order valence-electron chi connectivity index (χ4n) is 5.58. The van der Waals surface area contributed by atoms with Crippen LogP contribution < -0.4 is 5.32 Å². The minimum absolute atomic E-state index is 0.0414. The third kappa shape index (κ3) is 2.11. The molecule has 4 aliphatic carbocycles. The molecule has 0 saturated heterocycles. The number of carbonyl (C=O) groups is 1. The van der Waals surface area contributed by atoms with E-state index in [1.807, 2.05) is 13.8 Å². The highest BCUT2D eigenvalue weighted by Gasteiger charge is 2.54. The van der Waals surface area contributed by atoms with E-state index in [4.69, 9.17) is 0 Å². The summed E-state index contributed by atoms with van der Waals surface area (Å²) >= 11 is 0. The number of H-pyrrole nitrogens is 1. The lowest BCUT2D eigenvalue weighted by atomic mass is 9.49. The number of carbonyl (C=O) groups excluding carboxylic acids is 1. The van der Waals surface area contributed by atoms with Gasteiger partial charge in [0.15, 0.2) is 0 Å². The lowest BCUT2D eigenvalue weighted by Gasteiger charge is -2.55. The van der Waals surface area contributed by atoms with Crippen LogP contribution in [0.2, 0.25) is 0 Å². The van der Waals surface area contributed by atoms with Crippen LogP contribution in [0.4, 0.5) is 0 Å². The zero-order valence-corrected chi connectivity index (χ0v) is 13.0. The summed E-state index contributed by atoms with van der Waals surface area (Å²) in [7, 11) is 0.